The maximum absolute atomic E-state index is 12.3. The second kappa shape index (κ2) is 4.75. The molecule has 0 fully saturated rings. The maximum atomic E-state index is 12.3. The highest BCUT2D eigenvalue weighted by Crippen LogP contribution is 2.55. The molecule has 0 saturated heterocycles. The quantitative estimate of drug-likeness (QED) is 0.575. The molecule has 0 atom stereocenters. The molecule has 0 spiro atoms. The lowest BCUT2D eigenvalue weighted by molar-refractivity contribution is -0.446. The molecule has 11 heteroatoms. The molecule has 0 unspecified atom stereocenters. The SMILES string of the molecule is CC(C)C(=O)OC(C(F)(F)F)(C(F)(F)F)C(F)(F)F. The van der Waals surface area contributed by atoms with Crippen molar-refractivity contribution in [2.75, 3.05) is 0 Å². The minimum Gasteiger partial charge on any atom is -0.432 e. The number of hydrogen-bond acceptors (Lipinski definition) is 2. The van der Waals surface area contributed by atoms with Gasteiger partial charge in [0.1, 0.15) is 0 Å². The van der Waals surface area contributed by atoms with Crippen molar-refractivity contribution in [3.8, 4) is 0 Å². The smallest absolute Gasteiger partial charge is 0.432 e. The molecule has 0 aromatic heterocycles. The lowest BCUT2D eigenvalue weighted by atomic mass is 10.0. The Morgan fingerprint density at radius 1 is 0.789 bits per heavy atom. The molecule has 114 valence electrons. The van der Waals surface area contributed by atoms with Gasteiger partial charge in [-0.2, -0.15) is 39.5 Å². The fourth-order valence-electron chi connectivity index (χ4n) is 0.924. The van der Waals surface area contributed by atoms with Crippen molar-refractivity contribution in [2.24, 2.45) is 5.92 Å². The largest absolute Gasteiger partial charge is 0.447 e. The first-order valence-electron chi connectivity index (χ1n) is 4.51. The molecular weight excluding hydrogens is 299 g/mol. The van der Waals surface area contributed by atoms with Crippen LogP contribution in [0.3, 0.4) is 0 Å². The molecule has 0 saturated carbocycles. The van der Waals surface area contributed by atoms with Crippen LogP contribution in [0, 0.1) is 5.92 Å². The summed E-state index contributed by atoms with van der Waals surface area (Å²) in [5.74, 6) is -3.88. The van der Waals surface area contributed by atoms with E-state index >= 15 is 0 Å². The maximum Gasteiger partial charge on any atom is 0.447 e. The van der Waals surface area contributed by atoms with Crippen LogP contribution in [0.25, 0.3) is 0 Å². The number of ether oxygens (including phenoxy) is 1. The van der Waals surface area contributed by atoms with Crippen molar-refractivity contribution < 1.29 is 49.0 Å². The van der Waals surface area contributed by atoms with Gasteiger partial charge in [0, 0.05) is 0 Å². The highest BCUT2D eigenvalue weighted by Gasteiger charge is 2.87. The van der Waals surface area contributed by atoms with E-state index in [1.54, 1.807) is 0 Å². The van der Waals surface area contributed by atoms with Gasteiger partial charge in [0.25, 0.3) is 0 Å². The van der Waals surface area contributed by atoms with E-state index in [0.29, 0.717) is 0 Å². The van der Waals surface area contributed by atoms with E-state index < -0.39 is 36.0 Å². The van der Waals surface area contributed by atoms with Gasteiger partial charge in [-0.1, -0.05) is 13.8 Å². The minimum atomic E-state index is -6.89. The Kier molecular flexibility index (Phi) is 4.46. The normalized spacial score (nSPS) is 14.7. The summed E-state index contributed by atoms with van der Waals surface area (Å²) in [5, 5.41) is 0. The third-order valence-electron chi connectivity index (χ3n) is 1.92. The molecule has 0 bridgehead atoms. The molecule has 0 amide bonds. The zero-order valence-electron chi connectivity index (χ0n) is 9.30. The standard InChI is InChI=1S/C8H7F9O2/c1-3(2)4(18)19-5(6(9,10)11,7(12,13)14)8(15,16)17/h3H,1-2H3. The summed E-state index contributed by atoms with van der Waals surface area (Å²) in [6.45, 7) is 1.58. The van der Waals surface area contributed by atoms with E-state index in [-0.39, 0.29) is 0 Å². The molecule has 0 radical (unpaired) electrons. The molecule has 0 rings (SSSR count). The molecule has 0 aromatic rings. The van der Waals surface area contributed by atoms with Crippen LogP contribution in [-0.2, 0) is 9.53 Å². The first kappa shape index (κ1) is 17.8. The topological polar surface area (TPSA) is 26.3 Å². The number of alkyl halides is 9. The Labute approximate surface area is 100 Å². The fraction of sp³-hybridized carbons (Fsp3) is 0.875. The predicted molar refractivity (Wildman–Crippen MR) is 41.8 cm³/mol. The number of rotatable bonds is 2. The summed E-state index contributed by atoms with van der Waals surface area (Å²) in [6, 6.07) is 0. The number of esters is 1. The van der Waals surface area contributed by atoms with Gasteiger partial charge in [-0.05, 0) is 0 Å². The zero-order chi connectivity index (χ0) is 15.9. The average Bonchev–Trinajstić information content (AvgIpc) is 2.06. The summed E-state index contributed by atoms with van der Waals surface area (Å²) >= 11 is 0. The van der Waals surface area contributed by atoms with Crippen LogP contribution in [0.4, 0.5) is 39.5 Å². The van der Waals surface area contributed by atoms with E-state index in [1.807, 2.05) is 0 Å². The van der Waals surface area contributed by atoms with Gasteiger partial charge in [-0.3, -0.25) is 4.79 Å². The van der Waals surface area contributed by atoms with Gasteiger partial charge >= 0.3 is 30.1 Å². The molecule has 0 heterocycles. The van der Waals surface area contributed by atoms with E-state index in [9.17, 15) is 44.3 Å². The summed E-state index contributed by atoms with van der Waals surface area (Å²) < 4.78 is 113. The Balaban J connectivity index is 6.05. The third kappa shape index (κ3) is 3.06. The predicted octanol–water partition coefficient (Wildman–Crippen LogP) is 3.61. The van der Waals surface area contributed by atoms with Crippen LogP contribution in [0.5, 0.6) is 0 Å². The van der Waals surface area contributed by atoms with Crippen LogP contribution in [0.15, 0.2) is 0 Å². The molecule has 2 nitrogen and oxygen atoms in total. The van der Waals surface area contributed by atoms with Gasteiger partial charge in [-0.25, -0.2) is 0 Å². The summed E-state index contributed by atoms with van der Waals surface area (Å²) in [4.78, 5) is 10.8. The minimum absolute atomic E-state index is 0.788. The number of hydrogen-bond donors (Lipinski definition) is 0. The van der Waals surface area contributed by atoms with Crippen molar-refractivity contribution in [2.45, 2.75) is 38.0 Å². The zero-order valence-corrected chi connectivity index (χ0v) is 9.30. The van der Waals surface area contributed by atoms with Crippen molar-refractivity contribution in [1.29, 1.82) is 0 Å². The second-order valence-corrected chi connectivity index (χ2v) is 3.75. The molecule has 0 aliphatic heterocycles. The highest BCUT2D eigenvalue weighted by molar-refractivity contribution is 5.72. The lowest BCUT2D eigenvalue weighted by Gasteiger charge is -2.37. The van der Waals surface area contributed by atoms with Crippen molar-refractivity contribution in [1.82, 2.24) is 0 Å². The van der Waals surface area contributed by atoms with Crippen LogP contribution in [-0.4, -0.2) is 30.1 Å². The van der Waals surface area contributed by atoms with Gasteiger partial charge in [-0.15, -0.1) is 0 Å². The van der Waals surface area contributed by atoms with Crippen molar-refractivity contribution in [3.05, 3.63) is 0 Å². The Morgan fingerprint density at radius 2 is 1.05 bits per heavy atom. The molecule has 0 aromatic carbocycles. The van der Waals surface area contributed by atoms with Crippen LogP contribution >= 0.6 is 0 Å². The van der Waals surface area contributed by atoms with Crippen LogP contribution < -0.4 is 0 Å². The van der Waals surface area contributed by atoms with Crippen molar-refractivity contribution in [3.63, 3.8) is 0 Å². The van der Waals surface area contributed by atoms with Crippen molar-refractivity contribution >= 4 is 5.97 Å². The summed E-state index contributed by atoms with van der Waals surface area (Å²) in [7, 11) is 0. The summed E-state index contributed by atoms with van der Waals surface area (Å²) in [5.41, 5.74) is -6.53. The Hall–Kier alpha value is -1.16. The second-order valence-electron chi connectivity index (χ2n) is 3.75. The van der Waals surface area contributed by atoms with E-state index in [1.165, 1.54) is 0 Å². The number of carbonyl (C=O) groups is 1. The van der Waals surface area contributed by atoms with Gasteiger partial charge < -0.3 is 4.74 Å². The van der Waals surface area contributed by atoms with E-state index in [4.69, 9.17) is 0 Å². The molecule has 19 heavy (non-hydrogen) atoms. The first-order chi connectivity index (χ1) is 8.08. The highest BCUT2D eigenvalue weighted by atomic mass is 19.4. The monoisotopic (exact) mass is 306 g/mol. The fourth-order valence-corrected chi connectivity index (χ4v) is 0.924. The first-order valence-corrected chi connectivity index (χ1v) is 4.51. The Morgan fingerprint density at radius 3 is 1.21 bits per heavy atom. The number of halogens is 9. The van der Waals surface area contributed by atoms with Crippen LogP contribution in [0.1, 0.15) is 13.8 Å². The number of carbonyl (C=O) groups excluding carboxylic acids is 1. The van der Waals surface area contributed by atoms with Gasteiger partial charge in [0.05, 0.1) is 5.92 Å². The third-order valence-corrected chi connectivity index (χ3v) is 1.92. The summed E-state index contributed by atoms with van der Waals surface area (Å²) in [6.07, 6.45) is -20.7. The Bertz CT molecular complexity index is 300. The average molecular weight is 306 g/mol. The molecule has 0 aliphatic rings. The van der Waals surface area contributed by atoms with Gasteiger partial charge in [0.15, 0.2) is 0 Å². The van der Waals surface area contributed by atoms with Crippen LogP contribution in [0.2, 0.25) is 0 Å². The van der Waals surface area contributed by atoms with E-state index in [0.717, 1.165) is 13.8 Å². The van der Waals surface area contributed by atoms with Gasteiger partial charge in [0.2, 0.25) is 0 Å². The molecule has 0 N–H and O–H groups in total. The molecule has 0 aliphatic carbocycles. The lowest BCUT2D eigenvalue weighted by Crippen LogP contribution is -2.68. The molecular formula is C8H7F9O2. The van der Waals surface area contributed by atoms with E-state index in [2.05, 4.69) is 4.74 Å².